The molecule has 0 unspecified atom stereocenters. The summed E-state index contributed by atoms with van der Waals surface area (Å²) in [5, 5.41) is 10.3. The number of amides is 1. The first-order valence-corrected chi connectivity index (χ1v) is 7.88. The van der Waals surface area contributed by atoms with Gasteiger partial charge in [-0.2, -0.15) is 15.4 Å². The molecular weight excluding hydrogens is 294 g/mol. The van der Waals surface area contributed by atoms with Gasteiger partial charge in [-0.05, 0) is 24.3 Å². The van der Waals surface area contributed by atoms with E-state index in [1.165, 1.54) is 5.56 Å². The molecule has 0 saturated carbocycles. The highest BCUT2D eigenvalue weighted by Gasteiger charge is 2.24. The highest BCUT2D eigenvalue weighted by molar-refractivity contribution is 5.76. The Morgan fingerprint density at radius 1 is 1.35 bits per heavy atom. The largest absolute Gasteiger partial charge is 0.481 e. The summed E-state index contributed by atoms with van der Waals surface area (Å²) in [6, 6.07) is 3.96. The predicted octanol–water partition coefficient (Wildman–Crippen LogP) is 1.55. The van der Waals surface area contributed by atoms with Gasteiger partial charge < -0.3 is 9.64 Å². The summed E-state index contributed by atoms with van der Waals surface area (Å²) in [6.07, 6.45) is 6.62. The fourth-order valence-electron chi connectivity index (χ4n) is 2.96. The van der Waals surface area contributed by atoms with Crippen LogP contribution < -0.4 is 4.74 Å². The molecule has 122 valence electrons. The predicted molar refractivity (Wildman–Crippen MR) is 84.0 cm³/mol. The van der Waals surface area contributed by atoms with Crippen LogP contribution in [0.1, 0.15) is 36.4 Å². The first-order chi connectivity index (χ1) is 11.3. The zero-order valence-corrected chi connectivity index (χ0v) is 13.2. The number of piperidine rings is 1. The second kappa shape index (κ2) is 7.21. The first kappa shape index (κ1) is 15.5. The van der Waals surface area contributed by atoms with Crippen molar-refractivity contribution in [3.63, 3.8) is 0 Å². The average molecular weight is 315 g/mol. The third-order valence-electron chi connectivity index (χ3n) is 4.35. The van der Waals surface area contributed by atoms with Gasteiger partial charge in [-0.3, -0.25) is 4.79 Å². The zero-order valence-electron chi connectivity index (χ0n) is 13.2. The van der Waals surface area contributed by atoms with E-state index in [1.54, 1.807) is 13.3 Å². The molecule has 3 heterocycles. The summed E-state index contributed by atoms with van der Waals surface area (Å²) >= 11 is 0. The second-order valence-electron chi connectivity index (χ2n) is 5.75. The highest BCUT2D eigenvalue weighted by Crippen LogP contribution is 2.28. The number of aromatic amines is 1. The smallest absolute Gasteiger partial charge is 0.222 e. The van der Waals surface area contributed by atoms with Crippen molar-refractivity contribution in [2.24, 2.45) is 0 Å². The van der Waals surface area contributed by atoms with Gasteiger partial charge in [0.05, 0.1) is 19.0 Å². The number of carbonyl (C=O) groups is 1. The van der Waals surface area contributed by atoms with Crippen LogP contribution in [0.2, 0.25) is 0 Å². The maximum absolute atomic E-state index is 12.3. The van der Waals surface area contributed by atoms with Gasteiger partial charge in [-0.15, -0.1) is 0 Å². The van der Waals surface area contributed by atoms with Crippen LogP contribution in [0, 0.1) is 0 Å². The quantitative estimate of drug-likeness (QED) is 0.905. The highest BCUT2D eigenvalue weighted by atomic mass is 16.5. The van der Waals surface area contributed by atoms with Crippen LogP contribution in [0.3, 0.4) is 0 Å². The molecule has 0 atom stereocenters. The van der Waals surface area contributed by atoms with Crippen molar-refractivity contribution in [3.8, 4) is 5.88 Å². The number of aryl methyl sites for hydroxylation is 1. The van der Waals surface area contributed by atoms with Gasteiger partial charge in [0.2, 0.25) is 11.8 Å². The monoisotopic (exact) mass is 315 g/mol. The number of aromatic nitrogens is 4. The SMILES string of the molecule is COc1ccc(C2CCN(C(=O)CCc3cn[nH]n3)CC2)cn1. The molecule has 1 N–H and O–H groups in total. The Balaban J connectivity index is 1.48. The van der Waals surface area contributed by atoms with Crippen LogP contribution in [0.25, 0.3) is 0 Å². The molecule has 23 heavy (non-hydrogen) atoms. The van der Waals surface area contributed by atoms with Gasteiger partial charge in [0.25, 0.3) is 0 Å². The second-order valence-corrected chi connectivity index (χ2v) is 5.75. The number of pyridine rings is 1. The summed E-state index contributed by atoms with van der Waals surface area (Å²) in [6.45, 7) is 1.60. The van der Waals surface area contributed by atoms with Gasteiger partial charge in [0.1, 0.15) is 0 Å². The van der Waals surface area contributed by atoms with E-state index in [-0.39, 0.29) is 5.91 Å². The van der Waals surface area contributed by atoms with E-state index in [0.717, 1.165) is 31.6 Å². The molecule has 7 nitrogen and oxygen atoms in total. The van der Waals surface area contributed by atoms with Crippen molar-refractivity contribution in [1.82, 2.24) is 25.3 Å². The Bertz CT molecular complexity index is 618. The Labute approximate surface area is 135 Å². The number of hydrogen-bond acceptors (Lipinski definition) is 5. The Kier molecular flexibility index (Phi) is 4.85. The van der Waals surface area contributed by atoms with E-state index in [9.17, 15) is 4.79 Å². The molecule has 1 amide bonds. The van der Waals surface area contributed by atoms with Gasteiger partial charge in [0.15, 0.2) is 0 Å². The van der Waals surface area contributed by atoms with Crippen LogP contribution >= 0.6 is 0 Å². The van der Waals surface area contributed by atoms with Crippen LogP contribution in [0.15, 0.2) is 24.5 Å². The third-order valence-corrected chi connectivity index (χ3v) is 4.35. The fraction of sp³-hybridized carbons (Fsp3) is 0.500. The van der Waals surface area contributed by atoms with E-state index in [4.69, 9.17) is 4.74 Å². The normalized spacial score (nSPS) is 15.6. The Morgan fingerprint density at radius 2 is 2.17 bits per heavy atom. The molecule has 0 aliphatic carbocycles. The molecular formula is C16H21N5O2. The van der Waals surface area contributed by atoms with E-state index in [1.807, 2.05) is 17.2 Å². The Hall–Kier alpha value is -2.44. The third kappa shape index (κ3) is 3.85. The van der Waals surface area contributed by atoms with E-state index < -0.39 is 0 Å². The van der Waals surface area contributed by atoms with Crippen molar-refractivity contribution in [2.75, 3.05) is 20.2 Å². The lowest BCUT2D eigenvalue weighted by Crippen LogP contribution is -2.38. The summed E-state index contributed by atoms with van der Waals surface area (Å²) in [5.41, 5.74) is 2.05. The van der Waals surface area contributed by atoms with Gasteiger partial charge >= 0.3 is 0 Å². The summed E-state index contributed by atoms with van der Waals surface area (Å²) < 4.78 is 5.09. The lowest BCUT2D eigenvalue weighted by atomic mass is 9.90. The Morgan fingerprint density at radius 3 is 2.78 bits per heavy atom. The number of methoxy groups -OCH3 is 1. The van der Waals surface area contributed by atoms with Crippen LogP contribution in [0.4, 0.5) is 0 Å². The van der Waals surface area contributed by atoms with Gasteiger partial charge in [-0.1, -0.05) is 6.07 Å². The first-order valence-electron chi connectivity index (χ1n) is 7.88. The minimum Gasteiger partial charge on any atom is -0.481 e. The molecule has 1 fully saturated rings. The number of H-pyrrole nitrogens is 1. The van der Waals surface area contributed by atoms with Crippen molar-refractivity contribution in [1.29, 1.82) is 0 Å². The molecule has 2 aromatic rings. The van der Waals surface area contributed by atoms with E-state index in [0.29, 0.717) is 24.6 Å². The minimum absolute atomic E-state index is 0.194. The maximum Gasteiger partial charge on any atom is 0.222 e. The van der Waals surface area contributed by atoms with Crippen molar-refractivity contribution in [3.05, 3.63) is 35.8 Å². The summed E-state index contributed by atoms with van der Waals surface area (Å²) in [5.74, 6) is 1.29. The van der Waals surface area contributed by atoms with Gasteiger partial charge in [-0.25, -0.2) is 4.98 Å². The molecule has 2 aromatic heterocycles. The number of ether oxygens (including phenoxy) is 1. The number of nitrogens with one attached hydrogen (secondary N) is 1. The van der Waals surface area contributed by atoms with E-state index in [2.05, 4.69) is 26.5 Å². The number of likely N-dealkylation sites (tertiary alicyclic amines) is 1. The minimum atomic E-state index is 0.194. The van der Waals surface area contributed by atoms with Crippen LogP contribution in [-0.2, 0) is 11.2 Å². The number of carbonyl (C=O) groups excluding carboxylic acids is 1. The topological polar surface area (TPSA) is 84.0 Å². The molecule has 1 saturated heterocycles. The molecule has 0 bridgehead atoms. The average Bonchev–Trinajstić information content (AvgIpc) is 3.13. The lowest BCUT2D eigenvalue weighted by molar-refractivity contribution is -0.132. The van der Waals surface area contributed by atoms with Crippen LogP contribution in [-0.4, -0.2) is 51.4 Å². The fourth-order valence-corrected chi connectivity index (χ4v) is 2.96. The summed E-state index contributed by atoms with van der Waals surface area (Å²) in [7, 11) is 1.62. The molecule has 0 spiro atoms. The van der Waals surface area contributed by atoms with Gasteiger partial charge in [0, 0.05) is 38.2 Å². The number of hydrogen-bond donors (Lipinski definition) is 1. The lowest BCUT2D eigenvalue weighted by Gasteiger charge is -2.32. The number of nitrogens with zero attached hydrogens (tertiary/aromatic N) is 4. The molecule has 3 rings (SSSR count). The molecule has 0 radical (unpaired) electrons. The molecule has 0 aromatic carbocycles. The van der Waals surface area contributed by atoms with Crippen molar-refractivity contribution in [2.45, 2.75) is 31.6 Å². The van der Waals surface area contributed by atoms with Crippen molar-refractivity contribution < 1.29 is 9.53 Å². The maximum atomic E-state index is 12.3. The number of rotatable bonds is 5. The van der Waals surface area contributed by atoms with Crippen molar-refractivity contribution >= 4 is 5.91 Å². The van der Waals surface area contributed by atoms with Crippen LogP contribution in [0.5, 0.6) is 5.88 Å². The summed E-state index contributed by atoms with van der Waals surface area (Å²) in [4.78, 5) is 18.5. The molecule has 1 aliphatic heterocycles. The molecule has 7 heteroatoms. The zero-order chi connectivity index (χ0) is 16.1. The van der Waals surface area contributed by atoms with E-state index >= 15 is 0 Å². The molecule has 1 aliphatic rings. The standard InChI is InChI=1S/C16H21N5O2/c1-23-15-4-2-13(10-17-15)12-6-8-21(9-7-12)16(22)5-3-14-11-18-20-19-14/h2,4,10-12H,3,5-9H2,1H3,(H,18,19,20).